The molecule has 2 rings (SSSR count). The summed E-state index contributed by atoms with van der Waals surface area (Å²) in [6.45, 7) is 2.69. The molecule has 1 N–H and O–H groups in total. The second kappa shape index (κ2) is 5.54. The molecule has 0 saturated heterocycles. The number of aliphatic hydroxyl groups is 1. The van der Waals surface area contributed by atoms with Crippen LogP contribution in [0.2, 0.25) is 0 Å². The number of aliphatic hydroxyl groups excluding tert-OH is 1. The SMILES string of the molecule is CCn1ncnc1CC(O)c1ccc(OC)nn1. The van der Waals surface area contributed by atoms with Crippen molar-refractivity contribution in [1.82, 2.24) is 25.0 Å². The predicted octanol–water partition coefficient (Wildman–Crippen LogP) is 0.373. The van der Waals surface area contributed by atoms with Crippen LogP contribution in [0.1, 0.15) is 24.5 Å². The molecule has 1 atom stereocenters. The van der Waals surface area contributed by atoms with Gasteiger partial charge in [-0.3, -0.25) is 4.68 Å². The highest BCUT2D eigenvalue weighted by molar-refractivity contribution is 5.13. The lowest BCUT2D eigenvalue weighted by Gasteiger charge is -2.09. The van der Waals surface area contributed by atoms with E-state index < -0.39 is 6.10 Å². The number of nitrogens with zero attached hydrogens (tertiary/aromatic N) is 5. The Morgan fingerprint density at radius 1 is 1.39 bits per heavy atom. The van der Waals surface area contributed by atoms with Gasteiger partial charge in [0, 0.05) is 19.0 Å². The standard InChI is InChI=1S/C11H15N5O2/c1-3-16-10(12-7-13-16)6-9(17)8-4-5-11(18-2)15-14-8/h4-5,7,9,17H,3,6H2,1-2H3. The number of hydrogen-bond acceptors (Lipinski definition) is 6. The number of aryl methyl sites for hydroxylation is 1. The lowest BCUT2D eigenvalue weighted by atomic mass is 10.1. The summed E-state index contributed by atoms with van der Waals surface area (Å²) in [5, 5.41) is 21.8. The second-order valence-corrected chi connectivity index (χ2v) is 3.71. The number of methoxy groups -OCH3 is 1. The molecule has 2 aromatic heterocycles. The molecule has 0 spiro atoms. The minimum Gasteiger partial charge on any atom is -0.480 e. The van der Waals surface area contributed by atoms with E-state index >= 15 is 0 Å². The van der Waals surface area contributed by atoms with E-state index in [2.05, 4.69) is 20.3 Å². The fourth-order valence-electron chi connectivity index (χ4n) is 1.60. The fraction of sp³-hybridized carbons (Fsp3) is 0.455. The van der Waals surface area contributed by atoms with Gasteiger partial charge >= 0.3 is 0 Å². The van der Waals surface area contributed by atoms with Gasteiger partial charge in [-0.15, -0.1) is 10.2 Å². The molecule has 96 valence electrons. The molecule has 0 saturated carbocycles. The first-order chi connectivity index (χ1) is 8.74. The fourth-order valence-corrected chi connectivity index (χ4v) is 1.60. The Morgan fingerprint density at radius 3 is 2.83 bits per heavy atom. The summed E-state index contributed by atoms with van der Waals surface area (Å²) in [5.74, 6) is 1.14. The van der Waals surface area contributed by atoms with E-state index in [4.69, 9.17) is 4.74 Å². The summed E-state index contributed by atoms with van der Waals surface area (Å²) >= 11 is 0. The molecule has 7 nitrogen and oxygen atoms in total. The third-order valence-electron chi connectivity index (χ3n) is 2.58. The monoisotopic (exact) mass is 249 g/mol. The van der Waals surface area contributed by atoms with Crippen LogP contribution in [0.5, 0.6) is 5.88 Å². The van der Waals surface area contributed by atoms with E-state index in [1.54, 1.807) is 16.8 Å². The normalized spacial score (nSPS) is 12.4. The van der Waals surface area contributed by atoms with Gasteiger partial charge in [-0.25, -0.2) is 4.98 Å². The summed E-state index contributed by atoms with van der Waals surface area (Å²) in [4.78, 5) is 4.11. The molecule has 0 aromatic carbocycles. The molecule has 0 aliphatic carbocycles. The summed E-state index contributed by atoms with van der Waals surface area (Å²) in [6, 6.07) is 3.35. The highest BCUT2D eigenvalue weighted by atomic mass is 16.5. The molecule has 0 amide bonds. The van der Waals surface area contributed by atoms with Crippen molar-refractivity contribution in [2.24, 2.45) is 0 Å². The van der Waals surface area contributed by atoms with Gasteiger partial charge in [0.2, 0.25) is 5.88 Å². The van der Waals surface area contributed by atoms with E-state index in [0.29, 0.717) is 18.0 Å². The second-order valence-electron chi connectivity index (χ2n) is 3.71. The molecule has 18 heavy (non-hydrogen) atoms. The van der Waals surface area contributed by atoms with Crippen molar-refractivity contribution in [2.45, 2.75) is 26.0 Å². The summed E-state index contributed by atoms with van der Waals surface area (Å²) in [5.41, 5.74) is 0.487. The van der Waals surface area contributed by atoms with E-state index in [9.17, 15) is 5.11 Å². The number of aromatic nitrogens is 5. The van der Waals surface area contributed by atoms with Gasteiger partial charge in [0.25, 0.3) is 0 Å². The molecule has 2 aromatic rings. The molecule has 1 unspecified atom stereocenters. The van der Waals surface area contributed by atoms with Crippen molar-refractivity contribution in [3.8, 4) is 5.88 Å². The highest BCUT2D eigenvalue weighted by Gasteiger charge is 2.14. The van der Waals surface area contributed by atoms with E-state index in [0.717, 1.165) is 12.4 Å². The highest BCUT2D eigenvalue weighted by Crippen LogP contribution is 2.15. The van der Waals surface area contributed by atoms with Gasteiger partial charge in [0.1, 0.15) is 18.3 Å². The van der Waals surface area contributed by atoms with Crippen molar-refractivity contribution < 1.29 is 9.84 Å². The van der Waals surface area contributed by atoms with Crippen molar-refractivity contribution >= 4 is 0 Å². The van der Waals surface area contributed by atoms with Crippen LogP contribution in [0.3, 0.4) is 0 Å². The van der Waals surface area contributed by atoms with Crippen molar-refractivity contribution in [2.75, 3.05) is 7.11 Å². The zero-order valence-electron chi connectivity index (χ0n) is 10.3. The first-order valence-corrected chi connectivity index (χ1v) is 5.67. The number of hydrogen-bond donors (Lipinski definition) is 1. The van der Waals surface area contributed by atoms with Gasteiger partial charge in [-0.2, -0.15) is 5.10 Å². The van der Waals surface area contributed by atoms with Crippen LogP contribution in [0.15, 0.2) is 18.5 Å². The molecule has 0 aliphatic heterocycles. The van der Waals surface area contributed by atoms with E-state index in [-0.39, 0.29) is 0 Å². The van der Waals surface area contributed by atoms with Gasteiger partial charge in [-0.1, -0.05) is 0 Å². The minimum absolute atomic E-state index is 0.356. The largest absolute Gasteiger partial charge is 0.480 e. The predicted molar refractivity (Wildman–Crippen MR) is 62.9 cm³/mol. The molecule has 7 heteroatoms. The summed E-state index contributed by atoms with van der Waals surface area (Å²) in [6.07, 6.45) is 1.08. The third-order valence-corrected chi connectivity index (χ3v) is 2.58. The topological polar surface area (TPSA) is 86.0 Å². The maximum atomic E-state index is 10.1. The minimum atomic E-state index is -0.752. The third kappa shape index (κ3) is 2.62. The van der Waals surface area contributed by atoms with Gasteiger partial charge < -0.3 is 9.84 Å². The van der Waals surface area contributed by atoms with Crippen LogP contribution in [-0.4, -0.2) is 37.2 Å². The van der Waals surface area contributed by atoms with Gasteiger partial charge in [0.05, 0.1) is 12.8 Å². The maximum Gasteiger partial charge on any atom is 0.233 e. The maximum absolute atomic E-state index is 10.1. The van der Waals surface area contributed by atoms with Gasteiger partial charge in [-0.05, 0) is 13.0 Å². The van der Waals surface area contributed by atoms with Crippen LogP contribution < -0.4 is 4.74 Å². The summed E-state index contributed by atoms with van der Waals surface area (Å²) < 4.78 is 6.65. The van der Waals surface area contributed by atoms with Gasteiger partial charge in [0.15, 0.2) is 0 Å². The Hall–Kier alpha value is -2.02. The Bertz CT molecular complexity index is 496. The average molecular weight is 249 g/mol. The van der Waals surface area contributed by atoms with Crippen molar-refractivity contribution in [1.29, 1.82) is 0 Å². The Balaban J connectivity index is 2.09. The molecular formula is C11H15N5O2. The molecular weight excluding hydrogens is 234 g/mol. The quantitative estimate of drug-likeness (QED) is 0.824. The van der Waals surface area contributed by atoms with Crippen LogP contribution in [0.4, 0.5) is 0 Å². The Labute approximate surface area is 104 Å². The van der Waals surface area contributed by atoms with Crippen LogP contribution in [0.25, 0.3) is 0 Å². The van der Waals surface area contributed by atoms with Crippen molar-refractivity contribution in [3.63, 3.8) is 0 Å². The molecule has 0 fully saturated rings. The first-order valence-electron chi connectivity index (χ1n) is 5.67. The zero-order chi connectivity index (χ0) is 13.0. The lowest BCUT2D eigenvalue weighted by molar-refractivity contribution is 0.167. The molecule has 2 heterocycles. The lowest BCUT2D eigenvalue weighted by Crippen LogP contribution is -2.11. The smallest absolute Gasteiger partial charge is 0.233 e. The Kier molecular flexibility index (Phi) is 3.83. The van der Waals surface area contributed by atoms with E-state index in [1.165, 1.54) is 13.4 Å². The van der Waals surface area contributed by atoms with Crippen molar-refractivity contribution in [3.05, 3.63) is 30.0 Å². The Morgan fingerprint density at radius 2 is 2.22 bits per heavy atom. The van der Waals surface area contributed by atoms with Crippen LogP contribution in [-0.2, 0) is 13.0 Å². The molecule has 0 radical (unpaired) electrons. The first kappa shape index (κ1) is 12.4. The zero-order valence-corrected chi connectivity index (χ0v) is 10.3. The molecule has 0 bridgehead atoms. The van der Waals surface area contributed by atoms with Crippen LogP contribution in [0, 0.1) is 0 Å². The number of rotatable bonds is 5. The average Bonchev–Trinajstić information content (AvgIpc) is 2.86. The number of ether oxygens (including phenoxy) is 1. The molecule has 0 aliphatic rings. The van der Waals surface area contributed by atoms with Crippen LogP contribution >= 0.6 is 0 Å². The van der Waals surface area contributed by atoms with E-state index in [1.807, 2.05) is 6.92 Å². The summed E-state index contributed by atoms with van der Waals surface area (Å²) in [7, 11) is 1.52.